The Kier molecular flexibility index (Phi) is 4.94. The van der Waals surface area contributed by atoms with Gasteiger partial charge in [0.25, 0.3) is 5.91 Å². The van der Waals surface area contributed by atoms with Crippen molar-refractivity contribution in [1.82, 2.24) is 0 Å². The summed E-state index contributed by atoms with van der Waals surface area (Å²) in [5.74, 6) is -0.0728. The summed E-state index contributed by atoms with van der Waals surface area (Å²) in [5.41, 5.74) is 2.23. The average Bonchev–Trinajstić information content (AvgIpc) is 2.47. The van der Waals surface area contributed by atoms with Gasteiger partial charge < -0.3 is 10.1 Å². The number of ether oxygens (including phenoxy) is 1. The molecule has 4 heteroatoms. The Morgan fingerprint density at radius 2 is 1.64 bits per heavy atom. The second-order valence-corrected chi connectivity index (χ2v) is 5.32. The maximum Gasteiger partial charge on any atom is 0.308 e. The van der Waals surface area contributed by atoms with E-state index in [-0.39, 0.29) is 11.7 Å². The lowest BCUT2D eigenvalue weighted by Gasteiger charge is -2.11. The van der Waals surface area contributed by atoms with Gasteiger partial charge in [-0.1, -0.05) is 38.1 Å². The van der Waals surface area contributed by atoms with Gasteiger partial charge in [-0.3, -0.25) is 9.59 Å². The van der Waals surface area contributed by atoms with Gasteiger partial charge in [-0.2, -0.15) is 0 Å². The molecule has 4 nitrogen and oxygen atoms in total. The van der Waals surface area contributed by atoms with Crippen molar-refractivity contribution in [2.24, 2.45) is 0 Å². The van der Waals surface area contributed by atoms with Gasteiger partial charge in [0.05, 0.1) is 5.56 Å². The molecule has 0 fully saturated rings. The van der Waals surface area contributed by atoms with Crippen LogP contribution in [0.3, 0.4) is 0 Å². The molecule has 0 spiro atoms. The summed E-state index contributed by atoms with van der Waals surface area (Å²) in [6.07, 6.45) is 0. The summed E-state index contributed by atoms with van der Waals surface area (Å²) in [5, 5.41) is 2.81. The highest BCUT2D eigenvalue weighted by Crippen LogP contribution is 2.21. The van der Waals surface area contributed by atoms with E-state index in [1.165, 1.54) is 12.5 Å². The van der Waals surface area contributed by atoms with Crippen LogP contribution in [0.2, 0.25) is 0 Å². The van der Waals surface area contributed by atoms with Gasteiger partial charge in [-0.25, -0.2) is 0 Å². The first-order chi connectivity index (χ1) is 10.5. The number of benzene rings is 2. The molecule has 0 unspecified atom stereocenters. The van der Waals surface area contributed by atoms with Gasteiger partial charge in [0, 0.05) is 12.6 Å². The molecule has 22 heavy (non-hydrogen) atoms. The summed E-state index contributed by atoms with van der Waals surface area (Å²) >= 11 is 0. The number of anilines is 1. The van der Waals surface area contributed by atoms with E-state index in [1.807, 2.05) is 24.3 Å². The first kappa shape index (κ1) is 15.8. The minimum atomic E-state index is -0.457. The van der Waals surface area contributed by atoms with Crippen molar-refractivity contribution in [3.63, 3.8) is 0 Å². The third kappa shape index (κ3) is 3.95. The Labute approximate surface area is 130 Å². The molecule has 2 rings (SSSR count). The molecule has 114 valence electrons. The van der Waals surface area contributed by atoms with E-state index in [4.69, 9.17) is 4.74 Å². The average molecular weight is 297 g/mol. The third-order valence-electron chi connectivity index (χ3n) is 3.22. The van der Waals surface area contributed by atoms with Gasteiger partial charge in [-0.15, -0.1) is 0 Å². The third-order valence-corrected chi connectivity index (χ3v) is 3.22. The highest BCUT2D eigenvalue weighted by atomic mass is 16.5. The van der Waals surface area contributed by atoms with Crippen LogP contribution in [-0.4, -0.2) is 11.9 Å². The van der Waals surface area contributed by atoms with E-state index in [1.54, 1.807) is 24.3 Å². The number of esters is 1. The van der Waals surface area contributed by atoms with Crippen LogP contribution < -0.4 is 10.1 Å². The number of nitrogens with one attached hydrogen (secondary N) is 1. The molecule has 0 aliphatic rings. The van der Waals surface area contributed by atoms with Crippen LogP contribution in [0.15, 0.2) is 48.5 Å². The molecule has 0 aliphatic heterocycles. The Balaban J connectivity index is 2.17. The minimum Gasteiger partial charge on any atom is -0.426 e. The molecule has 1 N–H and O–H groups in total. The first-order valence-electron chi connectivity index (χ1n) is 7.16. The number of amides is 1. The predicted molar refractivity (Wildman–Crippen MR) is 86.2 cm³/mol. The zero-order valence-electron chi connectivity index (χ0n) is 12.9. The van der Waals surface area contributed by atoms with Crippen molar-refractivity contribution in [3.8, 4) is 5.75 Å². The normalized spacial score (nSPS) is 10.4. The Morgan fingerprint density at radius 3 is 2.23 bits per heavy atom. The predicted octanol–water partition coefficient (Wildman–Crippen LogP) is 3.99. The maximum atomic E-state index is 12.3. The molecule has 2 aromatic carbocycles. The second kappa shape index (κ2) is 6.89. The number of para-hydroxylation sites is 1. The van der Waals surface area contributed by atoms with E-state index in [2.05, 4.69) is 19.2 Å². The number of hydrogen-bond donors (Lipinski definition) is 1. The Hall–Kier alpha value is -2.62. The van der Waals surface area contributed by atoms with Crippen molar-refractivity contribution in [2.45, 2.75) is 26.7 Å². The molecule has 0 aliphatic carbocycles. The van der Waals surface area contributed by atoms with Gasteiger partial charge in [0.1, 0.15) is 5.75 Å². The molecule has 0 heterocycles. The zero-order valence-corrected chi connectivity index (χ0v) is 12.9. The number of carbonyl (C=O) groups excluding carboxylic acids is 2. The van der Waals surface area contributed by atoms with Crippen LogP contribution in [0.1, 0.15) is 42.6 Å². The quantitative estimate of drug-likeness (QED) is 0.686. The molecule has 0 saturated heterocycles. The van der Waals surface area contributed by atoms with E-state index < -0.39 is 5.97 Å². The fourth-order valence-electron chi connectivity index (χ4n) is 2.05. The molecule has 0 radical (unpaired) electrons. The first-order valence-corrected chi connectivity index (χ1v) is 7.16. The largest absolute Gasteiger partial charge is 0.426 e. The van der Waals surface area contributed by atoms with Crippen LogP contribution in [0.25, 0.3) is 0 Å². The van der Waals surface area contributed by atoms with Crippen LogP contribution in [0.4, 0.5) is 5.69 Å². The highest BCUT2D eigenvalue weighted by molar-refractivity contribution is 6.06. The lowest BCUT2D eigenvalue weighted by Crippen LogP contribution is -2.14. The fraction of sp³-hybridized carbons (Fsp3) is 0.222. The smallest absolute Gasteiger partial charge is 0.308 e. The topological polar surface area (TPSA) is 55.4 Å². The summed E-state index contributed by atoms with van der Waals surface area (Å²) in [6, 6.07) is 14.4. The van der Waals surface area contributed by atoms with E-state index in [0.29, 0.717) is 17.2 Å². The van der Waals surface area contributed by atoms with Crippen LogP contribution in [-0.2, 0) is 4.79 Å². The minimum absolute atomic E-state index is 0.256. The molecule has 1 amide bonds. The molecular formula is C18H19NO3. The summed E-state index contributed by atoms with van der Waals surface area (Å²) in [7, 11) is 0. The van der Waals surface area contributed by atoms with Crippen LogP contribution in [0.5, 0.6) is 5.75 Å². The van der Waals surface area contributed by atoms with E-state index in [9.17, 15) is 9.59 Å². The molecule has 0 atom stereocenters. The Bertz CT molecular complexity index is 675. The molecular weight excluding hydrogens is 278 g/mol. The van der Waals surface area contributed by atoms with Crippen molar-refractivity contribution in [3.05, 3.63) is 59.7 Å². The van der Waals surface area contributed by atoms with E-state index in [0.717, 1.165) is 0 Å². The monoisotopic (exact) mass is 297 g/mol. The summed E-state index contributed by atoms with van der Waals surface area (Å²) < 4.78 is 5.06. The van der Waals surface area contributed by atoms with Crippen LogP contribution in [0, 0.1) is 0 Å². The van der Waals surface area contributed by atoms with Gasteiger partial charge in [0.15, 0.2) is 0 Å². The summed E-state index contributed by atoms with van der Waals surface area (Å²) in [6.45, 7) is 5.53. The van der Waals surface area contributed by atoms with Crippen LogP contribution >= 0.6 is 0 Å². The molecule has 0 aromatic heterocycles. The Morgan fingerprint density at radius 1 is 1.00 bits per heavy atom. The molecule has 2 aromatic rings. The number of rotatable bonds is 4. The van der Waals surface area contributed by atoms with E-state index >= 15 is 0 Å². The SMILES string of the molecule is CC(=O)Oc1ccccc1C(=O)Nc1ccc(C(C)C)cc1. The molecule has 0 saturated carbocycles. The lowest BCUT2D eigenvalue weighted by molar-refractivity contribution is -0.131. The van der Waals surface area contributed by atoms with Gasteiger partial charge in [-0.05, 0) is 35.7 Å². The second-order valence-electron chi connectivity index (χ2n) is 5.32. The standard InChI is InChI=1S/C18H19NO3/c1-12(2)14-8-10-15(11-9-14)19-18(21)16-6-4-5-7-17(16)22-13(3)20/h4-12H,1-3H3,(H,19,21). The van der Waals surface area contributed by atoms with Gasteiger partial charge in [0.2, 0.25) is 0 Å². The maximum absolute atomic E-state index is 12.3. The number of hydrogen-bond acceptors (Lipinski definition) is 3. The number of carbonyl (C=O) groups is 2. The van der Waals surface area contributed by atoms with Crippen molar-refractivity contribution in [1.29, 1.82) is 0 Å². The lowest BCUT2D eigenvalue weighted by atomic mass is 10.0. The van der Waals surface area contributed by atoms with Gasteiger partial charge >= 0.3 is 5.97 Å². The zero-order chi connectivity index (χ0) is 16.1. The van der Waals surface area contributed by atoms with Crippen molar-refractivity contribution >= 4 is 17.6 Å². The summed E-state index contributed by atoms with van der Waals surface area (Å²) in [4.78, 5) is 23.4. The highest BCUT2D eigenvalue weighted by Gasteiger charge is 2.13. The fourth-order valence-corrected chi connectivity index (χ4v) is 2.05. The van der Waals surface area contributed by atoms with Crippen molar-refractivity contribution in [2.75, 3.05) is 5.32 Å². The molecule has 0 bridgehead atoms. The van der Waals surface area contributed by atoms with Crippen molar-refractivity contribution < 1.29 is 14.3 Å².